The Labute approximate surface area is 104 Å². The monoisotopic (exact) mass is 249 g/mol. The summed E-state index contributed by atoms with van der Waals surface area (Å²) in [6.07, 6.45) is 0. The molecule has 2 heterocycles. The molecular formula is C11H15N5O2. The normalized spacial score (nSPS) is 10.7. The Morgan fingerprint density at radius 1 is 1.44 bits per heavy atom. The summed E-state index contributed by atoms with van der Waals surface area (Å²) in [6.45, 7) is 5.85. The summed E-state index contributed by atoms with van der Waals surface area (Å²) < 4.78 is 6.60. The van der Waals surface area contributed by atoms with Crippen LogP contribution in [0.1, 0.15) is 28.9 Å². The summed E-state index contributed by atoms with van der Waals surface area (Å²) in [4.78, 5) is 15.6. The van der Waals surface area contributed by atoms with E-state index in [9.17, 15) is 4.79 Å². The Balaban J connectivity index is 2.38. The summed E-state index contributed by atoms with van der Waals surface area (Å²) in [6, 6.07) is 0. The second-order valence-corrected chi connectivity index (χ2v) is 3.90. The summed E-state index contributed by atoms with van der Waals surface area (Å²) in [7, 11) is 1.85. The van der Waals surface area contributed by atoms with Gasteiger partial charge in [-0.2, -0.15) is 10.2 Å². The topological polar surface area (TPSA) is 85.7 Å². The fourth-order valence-electron chi connectivity index (χ4n) is 1.76. The van der Waals surface area contributed by atoms with E-state index in [2.05, 4.69) is 20.3 Å². The van der Waals surface area contributed by atoms with Gasteiger partial charge in [-0.1, -0.05) is 0 Å². The number of hydrogen-bond donors (Lipinski definition) is 1. The first-order valence-corrected chi connectivity index (χ1v) is 5.64. The number of hydrogen-bond acceptors (Lipinski definition) is 5. The summed E-state index contributed by atoms with van der Waals surface area (Å²) in [5.74, 6) is 0.0612. The van der Waals surface area contributed by atoms with Gasteiger partial charge >= 0.3 is 5.97 Å². The summed E-state index contributed by atoms with van der Waals surface area (Å²) in [5.41, 5.74) is 2.61. The Morgan fingerprint density at radius 3 is 2.72 bits per heavy atom. The van der Waals surface area contributed by atoms with Crippen molar-refractivity contribution in [3.05, 3.63) is 17.2 Å². The smallest absolute Gasteiger partial charge is 0.375 e. The fourth-order valence-corrected chi connectivity index (χ4v) is 1.76. The van der Waals surface area contributed by atoms with Gasteiger partial charge in [0.2, 0.25) is 5.82 Å². The molecule has 0 saturated carbocycles. The van der Waals surface area contributed by atoms with Crippen molar-refractivity contribution in [3.8, 4) is 11.4 Å². The van der Waals surface area contributed by atoms with Gasteiger partial charge in [0.05, 0.1) is 17.9 Å². The van der Waals surface area contributed by atoms with Crippen LogP contribution in [0.4, 0.5) is 0 Å². The van der Waals surface area contributed by atoms with Crippen molar-refractivity contribution in [3.63, 3.8) is 0 Å². The molecule has 96 valence electrons. The average Bonchev–Trinajstić information content (AvgIpc) is 2.86. The Hall–Kier alpha value is -2.18. The van der Waals surface area contributed by atoms with Gasteiger partial charge in [-0.15, -0.1) is 0 Å². The lowest BCUT2D eigenvalue weighted by atomic mass is 10.2. The molecular weight excluding hydrogens is 234 g/mol. The number of aromatic amines is 1. The van der Waals surface area contributed by atoms with Crippen LogP contribution in [-0.2, 0) is 11.8 Å². The molecule has 0 spiro atoms. The largest absolute Gasteiger partial charge is 0.460 e. The second kappa shape index (κ2) is 4.59. The molecule has 0 aliphatic rings. The van der Waals surface area contributed by atoms with Gasteiger partial charge in [-0.05, 0) is 20.8 Å². The zero-order chi connectivity index (χ0) is 13.3. The van der Waals surface area contributed by atoms with Gasteiger partial charge < -0.3 is 4.74 Å². The Bertz CT molecular complexity index is 584. The van der Waals surface area contributed by atoms with Gasteiger partial charge in [0, 0.05) is 12.7 Å². The Kier molecular flexibility index (Phi) is 3.14. The molecule has 2 aromatic rings. The SMILES string of the molecule is CCOC(=O)c1nc(-c2c(C)nn(C)c2C)n[nH]1. The van der Waals surface area contributed by atoms with Crippen LogP contribution in [0.25, 0.3) is 11.4 Å². The molecule has 0 aromatic carbocycles. The van der Waals surface area contributed by atoms with E-state index < -0.39 is 5.97 Å². The van der Waals surface area contributed by atoms with Crippen LogP contribution in [0.15, 0.2) is 0 Å². The zero-order valence-corrected chi connectivity index (χ0v) is 10.8. The molecule has 0 radical (unpaired) electrons. The van der Waals surface area contributed by atoms with Crippen molar-refractivity contribution < 1.29 is 9.53 Å². The lowest BCUT2D eigenvalue weighted by molar-refractivity contribution is 0.0512. The van der Waals surface area contributed by atoms with Crippen LogP contribution in [0.5, 0.6) is 0 Å². The van der Waals surface area contributed by atoms with Crippen LogP contribution in [0.3, 0.4) is 0 Å². The molecule has 7 heteroatoms. The number of carbonyl (C=O) groups excluding carboxylic acids is 1. The minimum atomic E-state index is -0.504. The van der Waals surface area contributed by atoms with Crippen LogP contribution in [0, 0.1) is 13.8 Å². The van der Waals surface area contributed by atoms with Gasteiger partial charge in [0.15, 0.2) is 5.82 Å². The molecule has 0 bridgehead atoms. The number of ether oxygens (including phenoxy) is 1. The van der Waals surface area contributed by atoms with Crippen molar-refractivity contribution in [2.75, 3.05) is 6.61 Å². The van der Waals surface area contributed by atoms with Crippen molar-refractivity contribution >= 4 is 5.97 Å². The first-order chi connectivity index (χ1) is 8.54. The number of rotatable bonds is 3. The minimum absolute atomic E-state index is 0.106. The highest BCUT2D eigenvalue weighted by atomic mass is 16.5. The van der Waals surface area contributed by atoms with Gasteiger partial charge in [0.25, 0.3) is 0 Å². The molecule has 0 atom stereocenters. The molecule has 2 aromatic heterocycles. The summed E-state index contributed by atoms with van der Waals surface area (Å²) >= 11 is 0. The quantitative estimate of drug-likeness (QED) is 0.820. The van der Waals surface area contributed by atoms with Crippen molar-refractivity contribution in [2.24, 2.45) is 7.05 Å². The highest BCUT2D eigenvalue weighted by Gasteiger charge is 2.19. The molecule has 0 amide bonds. The van der Waals surface area contributed by atoms with E-state index in [1.54, 1.807) is 11.6 Å². The fraction of sp³-hybridized carbons (Fsp3) is 0.455. The third-order valence-electron chi connectivity index (χ3n) is 2.69. The maximum absolute atomic E-state index is 11.5. The van der Waals surface area contributed by atoms with Crippen LogP contribution < -0.4 is 0 Å². The maximum atomic E-state index is 11.5. The van der Waals surface area contributed by atoms with Crippen molar-refractivity contribution in [1.82, 2.24) is 25.0 Å². The standard InChI is InChI=1S/C11H15N5O2/c1-5-18-11(17)10-12-9(13-14-10)8-6(2)15-16(4)7(8)3/h5H2,1-4H3,(H,12,13,14). The highest BCUT2D eigenvalue weighted by molar-refractivity contribution is 5.85. The zero-order valence-electron chi connectivity index (χ0n) is 10.8. The van der Waals surface area contributed by atoms with E-state index >= 15 is 0 Å². The number of aryl methyl sites for hydroxylation is 2. The van der Waals surface area contributed by atoms with Crippen molar-refractivity contribution in [2.45, 2.75) is 20.8 Å². The lowest BCUT2D eigenvalue weighted by Gasteiger charge is -1.96. The number of aromatic nitrogens is 5. The van der Waals surface area contributed by atoms with Crippen LogP contribution >= 0.6 is 0 Å². The summed E-state index contributed by atoms with van der Waals surface area (Å²) in [5, 5.41) is 10.9. The van der Waals surface area contributed by atoms with E-state index in [-0.39, 0.29) is 5.82 Å². The molecule has 0 unspecified atom stereocenters. The molecule has 0 saturated heterocycles. The number of carbonyl (C=O) groups is 1. The van der Waals surface area contributed by atoms with E-state index in [1.165, 1.54) is 0 Å². The van der Waals surface area contributed by atoms with E-state index in [4.69, 9.17) is 4.74 Å². The second-order valence-electron chi connectivity index (χ2n) is 3.90. The molecule has 2 rings (SSSR count). The average molecular weight is 249 g/mol. The number of nitrogens with one attached hydrogen (secondary N) is 1. The molecule has 0 fully saturated rings. The predicted octanol–water partition coefficient (Wildman–Crippen LogP) is 0.999. The van der Waals surface area contributed by atoms with Gasteiger partial charge in [0.1, 0.15) is 0 Å². The van der Waals surface area contributed by atoms with Gasteiger partial charge in [-0.25, -0.2) is 9.78 Å². The van der Waals surface area contributed by atoms with Crippen molar-refractivity contribution in [1.29, 1.82) is 0 Å². The molecule has 7 nitrogen and oxygen atoms in total. The third-order valence-corrected chi connectivity index (χ3v) is 2.69. The van der Waals surface area contributed by atoms with Gasteiger partial charge in [-0.3, -0.25) is 9.78 Å². The maximum Gasteiger partial charge on any atom is 0.375 e. The van der Waals surface area contributed by atoms with E-state index in [1.807, 2.05) is 20.9 Å². The number of H-pyrrole nitrogens is 1. The Morgan fingerprint density at radius 2 is 2.17 bits per heavy atom. The lowest BCUT2D eigenvalue weighted by Crippen LogP contribution is -2.06. The molecule has 1 N–H and O–H groups in total. The predicted molar refractivity (Wildman–Crippen MR) is 64.0 cm³/mol. The third kappa shape index (κ3) is 1.99. The highest BCUT2D eigenvalue weighted by Crippen LogP contribution is 2.22. The van der Waals surface area contributed by atoms with Crippen LogP contribution in [-0.4, -0.2) is 37.5 Å². The van der Waals surface area contributed by atoms with E-state index in [0.29, 0.717) is 12.4 Å². The molecule has 0 aliphatic carbocycles. The molecule has 0 aliphatic heterocycles. The first kappa shape index (κ1) is 12.3. The first-order valence-electron chi connectivity index (χ1n) is 5.64. The molecule has 18 heavy (non-hydrogen) atoms. The van der Waals surface area contributed by atoms with E-state index in [0.717, 1.165) is 17.0 Å². The number of esters is 1. The van der Waals surface area contributed by atoms with Crippen LogP contribution in [0.2, 0.25) is 0 Å². The minimum Gasteiger partial charge on any atom is -0.460 e. The number of nitrogens with zero attached hydrogens (tertiary/aromatic N) is 4.